The fraction of sp³-hybridized carbons (Fsp3) is 0.500. The van der Waals surface area contributed by atoms with Crippen molar-refractivity contribution >= 4 is 66.6 Å². The molecule has 0 bridgehead atoms. The highest BCUT2D eigenvalue weighted by Gasteiger charge is 2.63. The molecule has 1 aromatic heterocycles. The number of methoxy groups -OCH3 is 1. The van der Waals surface area contributed by atoms with Gasteiger partial charge in [-0.25, -0.2) is 13.4 Å². The molecule has 3 aromatic rings. The van der Waals surface area contributed by atoms with E-state index in [0.29, 0.717) is 40.9 Å². The first-order valence-corrected chi connectivity index (χ1v) is 20.1. The molecule has 2 aromatic carbocycles. The van der Waals surface area contributed by atoms with Crippen LogP contribution in [0.15, 0.2) is 54.6 Å². The normalized spacial score (nSPS) is 27.7. The summed E-state index contributed by atoms with van der Waals surface area (Å²) in [6.45, 7) is 1.72. The van der Waals surface area contributed by atoms with Crippen molar-refractivity contribution in [3.63, 3.8) is 0 Å². The first-order chi connectivity index (χ1) is 24.4. The number of carbonyl (C=O) groups excluding carboxylic acids is 3. The van der Waals surface area contributed by atoms with Gasteiger partial charge in [0.2, 0.25) is 21.8 Å². The van der Waals surface area contributed by atoms with Gasteiger partial charge in [0.05, 0.1) is 28.6 Å². The largest absolute Gasteiger partial charge is 0.497 e. The van der Waals surface area contributed by atoms with Crippen molar-refractivity contribution in [1.82, 2.24) is 19.9 Å². The van der Waals surface area contributed by atoms with E-state index < -0.39 is 50.3 Å². The van der Waals surface area contributed by atoms with Gasteiger partial charge < -0.3 is 25.0 Å². The second kappa shape index (κ2) is 13.9. The van der Waals surface area contributed by atoms with Crippen molar-refractivity contribution in [3.05, 3.63) is 59.6 Å². The molecule has 1 saturated heterocycles. The van der Waals surface area contributed by atoms with Gasteiger partial charge in [-0.05, 0) is 75.8 Å². The van der Waals surface area contributed by atoms with Crippen LogP contribution in [0, 0.1) is 5.92 Å². The minimum atomic E-state index is -3.95. The molecule has 15 heteroatoms. The predicted molar refractivity (Wildman–Crippen MR) is 195 cm³/mol. The molecule has 51 heavy (non-hydrogen) atoms. The van der Waals surface area contributed by atoms with E-state index >= 15 is 0 Å². The standard InChI is InChI=1S/C36H42ClN5O7S2/c1-35(15-16-35)51(46,47)41-33(45)36-20-22(36)9-6-4-3-5-7-12-28(38-24-10-8-11-25(18-24)48-2)32(44)42-21-26(19-29(42)31(43)40-36)49-34-39-27-14-13-23(37)17-30(27)50-34/h6,8-11,13-14,17-18,22,26,28-29,38H,3-5,7,12,15-16,19-21H2,1-2H3,(H,40,43)(H,41,45)/t22-,26-,28+,29+,36-/m1/s1. The van der Waals surface area contributed by atoms with Gasteiger partial charge in [0.25, 0.3) is 11.1 Å². The van der Waals surface area contributed by atoms with Crippen LogP contribution in [0.4, 0.5) is 5.69 Å². The van der Waals surface area contributed by atoms with Gasteiger partial charge in [-0.15, -0.1) is 0 Å². The Hall–Kier alpha value is -3.88. The number of hydrogen-bond acceptors (Lipinski definition) is 10. The van der Waals surface area contributed by atoms with Crippen LogP contribution in [0.5, 0.6) is 10.9 Å². The smallest absolute Gasteiger partial charge is 0.274 e. The Kier molecular flexibility index (Phi) is 9.70. The van der Waals surface area contributed by atoms with E-state index in [0.717, 1.165) is 35.9 Å². The Morgan fingerprint density at radius 3 is 2.75 bits per heavy atom. The molecule has 3 amide bonds. The van der Waals surface area contributed by atoms with Crippen LogP contribution in [-0.4, -0.2) is 78.2 Å². The summed E-state index contributed by atoms with van der Waals surface area (Å²) in [6, 6.07) is 11.1. The summed E-state index contributed by atoms with van der Waals surface area (Å²) in [6.07, 6.45) is 8.45. The van der Waals surface area contributed by atoms with Gasteiger partial charge in [-0.2, -0.15) is 0 Å². The Balaban J connectivity index is 1.19. The molecule has 3 N–H and O–H groups in total. The van der Waals surface area contributed by atoms with Gasteiger partial charge in [0.1, 0.15) is 29.5 Å². The third kappa shape index (κ3) is 7.40. The molecule has 2 saturated carbocycles. The number of carbonyl (C=O) groups is 3. The third-order valence-electron chi connectivity index (χ3n) is 10.5. The number of nitrogens with one attached hydrogen (secondary N) is 3. The fourth-order valence-corrected chi connectivity index (χ4v) is 9.40. The van der Waals surface area contributed by atoms with Crippen molar-refractivity contribution in [2.45, 2.75) is 93.2 Å². The van der Waals surface area contributed by atoms with Crippen LogP contribution in [-0.2, 0) is 24.4 Å². The van der Waals surface area contributed by atoms with Crippen molar-refractivity contribution in [2.75, 3.05) is 19.0 Å². The first kappa shape index (κ1) is 35.5. The molecular formula is C36H42ClN5O7S2. The van der Waals surface area contributed by atoms with Gasteiger partial charge in [-0.1, -0.05) is 54.0 Å². The van der Waals surface area contributed by atoms with Crippen molar-refractivity contribution < 1.29 is 32.3 Å². The van der Waals surface area contributed by atoms with Crippen molar-refractivity contribution in [1.29, 1.82) is 0 Å². The Morgan fingerprint density at radius 1 is 1.14 bits per heavy atom. The quantitative estimate of drug-likeness (QED) is 0.264. The molecule has 272 valence electrons. The average Bonchev–Trinajstić information content (AvgIpc) is 3.91. The zero-order valence-electron chi connectivity index (χ0n) is 28.5. The fourth-order valence-electron chi connectivity index (χ4n) is 6.93. The van der Waals surface area contributed by atoms with E-state index in [1.807, 2.05) is 36.4 Å². The molecule has 0 radical (unpaired) electrons. The van der Waals surface area contributed by atoms with E-state index in [-0.39, 0.29) is 31.2 Å². The van der Waals surface area contributed by atoms with Gasteiger partial charge in [0.15, 0.2) is 0 Å². The number of aromatic nitrogens is 1. The summed E-state index contributed by atoms with van der Waals surface area (Å²) < 4.78 is 40.1. The number of anilines is 1. The number of amides is 3. The Bertz CT molecular complexity index is 1980. The Morgan fingerprint density at radius 2 is 1.96 bits per heavy atom. The molecule has 2 aliphatic carbocycles. The van der Waals surface area contributed by atoms with Crippen molar-refractivity contribution in [2.24, 2.45) is 5.92 Å². The van der Waals surface area contributed by atoms with Gasteiger partial charge in [0, 0.05) is 29.1 Å². The highest BCUT2D eigenvalue weighted by Crippen LogP contribution is 2.47. The lowest BCUT2D eigenvalue weighted by molar-refractivity contribution is -0.140. The summed E-state index contributed by atoms with van der Waals surface area (Å²) in [4.78, 5) is 48.8. The monoisotopic (exact) mass is 755 g/mol. The zero-order valence-corrected chi connectivity index (χ0v) is 30.9. The summed E-state index contributed by atoms with van der Waals surface area (Å²) in [5, 5.41) is 7.29. The number of hydrogen-bond donors (Lipinski definition) is 3. The van der Waals surface area contributed by atoms with Crippen LogP contribution in [0.2, 0.25) is 5.02 Å². The van der Waals surface area contributed by atoms with Crippen LogP contribution >= 0.6 is 22.9 Å². The lowest BCUT2D eigenvalue weighted by Gasteiger charge is -2.30. The topological polar surface area (TPSA) is 156 Å². The summed E-state index contributed by atoms with van der Waals surface area (Å²) in [5.74, 6) is -1.31. The maximum atomic E-state index is 14.6. The second-order valence-electron chi connectivity index (χ2n) is 14.2. The van der Waals surface area contributed by atoms with Gasteiger partial charge in [-0.3, -0.25) is 19.1 Å². The van der Waals surface area contributed by atoms with E-state index in [1.54, 1.807) is 32.2 Å². The van der Waals surface area contributed by atoms with E-state index in [2.05, 4.69) is 20.3 Å². The van der Waals surface area contributed by atoms with Gasteiger partial charge >= 0.3 is 0 Å². The van der Waals surface area contributed by atoms with Crippen LogP contribution in [0.3, 0.4) is 0 Å². The lowest BCUT2D eigenvalue weighted by Crippen LogP contribution is -2.58. The molecule has 0 unspecified atom stereocenters. The number of benzene rings is 2. The second-order valence-corrected chi connectivity index (χ2v) is 17.9. The highest BCUT2D eigenvalue weighted by atomic mass is 35.5. The number of rotatable bonds is 8. The summed E-state index contributed by atoms with van der Waals surface area (Å²) in [5.41, 5.74) is -0.0271. The number of thiazole rings is 1. The predicted octanol–water partition coefficient (Wildman–Crippen LogP) is 5.18. The molecule has 3 fully saturated rings. The molecule has 5 atom stereocenters. The molecule has 12 nitrogen and oxygen atoms in total. The first-order valence-electron chi connectivity index (χ1n) is 17.4. The third-order valence-corrected chi connectivity index (χ3v) is 13.8. The van der Waals surface area contributed by atoms with E-state index in [1.165, 1.54) is 16.2 Å². The minimum absolute atomic E-state index is 0.110. The number of fused-ring (bicyclic) bond motifs is 3. The van der Waals surface area contributed by atoms with E-state index in [9.17, 15) is 22.8 Å². The number of nitrogens with zero attached hydrogens (tertiary/aromatic N) is 2. The highest BCUT2D eigenvalue weighted by molar-refractivity contribution is 7.91. The van der Waals surface area contributed by atoms with Crippen LogP contribution in [0.1, 0.15) is 64.7 Å². The number of sulfonamides is 1. The lowest BCUT2D eigenvalue weighted by atomic mass is 10.0. The number of ether oxygens (including phenoxy) is 2. The summed E-state index contributed by atoms with van der Waals surface area (Å²) >= 11 is 7.52. The molecule has 3 heterocycles. The van der Waals surface area contributed by atoms with Crippen LogP contribution < -0.4 is 24.8 Å². The molecule has 4 aliphatic rings. The Labute approximate surface area is 306 Å². The number of allylic oxidation sites excluding steroid dienone is 1. The SMILES string of the molecule is COc1cccc(N[C@H]2CCCCCC=C[C@@H]3C[C@@]3(C(=O)NS(=O)(=O)C3(C)CC3)NC(=O)[C@@H]3C[C@@H](Oc4nc5ccc(Cl)cc5s4)CN3C2=O)c1. The van der Waals surface area contributed by atoms with E-state index in [4.69, 9.17) is 21.1 Å². The molecule has 0 spiro atoms. The minimum Gasteiger partial charge on any atom is -0.497 e. The molecule has 7 rings (SSSR count). The summed E-state index contributed by atoms with van der Waals surface area (Å²) in [7, 11) is -2.37. The average molecular weight is 756 g/mol. The zero-order chi connectivity index (χ0) is 36.0. The van der Waals surface area contributed by atoms with Crippen molar-refractivity contribution in [3.8, 4) is 10.9 Å². The molecular weight excluding hydrogens is 714 g/mol. The number of halogens is 1. The maximum Gasteiger partial charge on any atom is 0.274 e. The maximum absolute atomic E-state index is 14.6. The van der Waals surface area contributed by atoms with Crippen LogP contribution in [0.25, 0.3) is 10.2 Å². The molecule has 2 aliphatic heterocycles.